The normalized spacial score (nSPS) is 11.6. The molecular formula is C11H21N3O2. The third-order valence-corrected chi connectivity index (χ3v) is 1.95. The Hall–Kier alpha value is -1.36. The van der Waals surface area contributed by atoms with Crippen LogP contribution in [-0.4, -0.2) is 37.5 Å². The van der Waals surface area contributed by atoms with Crippen LogP contribution in [0.1, 0.15) is 20.3 Å². The van der Waals surface area contributed by atoms with Gasteiger partial charge >= 0.3 is 0 Å². The van der Waals surface area contributed by atoms with Gasteiger partial charge < -0.3 is 10.6 Å². The molecule has 0 aromatic heterocycles. The van der Waals surface area contributed by atoms with Gasteiger partial charge in [0.05, 0.1) is 12.6 Å². The summed E-state index contributed by atoms with van der Waals surface area (Å²) in [6.45, 7) is 8.46. The summed E-state index contributed by atoms with van der Waals surface area (Å²) in [7, 11) is 0. The summed E-state index contributed by atoms with van der Waals surface area (Å²) in [6.07, 6.45) is 2.51. The van der Waals surface area contributed by atoms with Crippen molar-refractivity contribution in [1.82, 2.24) is 16.0 Å². The summed E-state index contributed by atoms with van der Waals surface area (Å²) in [4.78, 5) is 22.6. The average Bonchev–Trinajstić information content (AvgIpc) is 2.30. The van der Waals surface area contributed by atoms with Gasteiger partial charge in [-0.15, -0.1) is 6.58 Å². The maximum absolute atomic E-state index is 11.4. The van der Waals surface area contributed by atoms with E-state index in [9.17, 15) is 9.59 Å². The van der Waals surface area contributed by atoms with E-state index in [1.54, 1.807) is 13.0 Å². The molecule has 0 aliphatic heterocycles. The molecule has 0 aromatic rings. The van der Waals surface area contributed by atoms with Crippen molar-refractivity contribution >= 4 is 11.8 Å². The molecule has 2 amide bonds. The van der Waals surface area contributed by atoms with E-state index in [0.717, 1.165) is 6.42 Å². The lowest BCUT2D eigenvalue weighted by atomic mass is 10.3. The lowest BCUT2D eigenvalue weighted by Crippen LogP contribution is -2.46. The Morgan fingerprint density at radius 3 is 2.62 bits per heavy atom. The molecule has 0 saturated heterocycles. The van der Waals surface area contributed by atoms with Gasteiger partial charge in [0.1, 0.15) is 0 Å². The number of amides is 2. The maximum Gasteiger partial charge on any atom is 0.237 e. The van der Waals surface area contributed by atoms with Crippen LogP contribution in [0.2, 0.25) is 0 Å². The summed E-state index contributed by atoms with van der Waals surface area (Å²) >= 11 is 0. The van der Waals surface area contributed by atoms with Crippen LogP contribution in [0.5, 0.6) is 0 Å². The Morgan fingerprint density at radius 1 is 1.38 bits per heavy atom. The summed E-state index contributed by atoms with van der Waals surface area (Å²) in [5, 5.41) is 8.21. The third-order valence-electron chi connectivity index (χ3n) is 1.95. The van der Waals surface area contributed by atoms with Gasteiger partial charge in [0, 0.05) is 13.1 Å². The van der Waals surface area contributed by atoms with Gasteiger partial charge in [0.15, 0.2) is 0 Å². The van der Waals surface area contributed by atoms with Crippen LogP contribution in [0, 0.1) is 0 Å². The first-order valence-corrected chi connectivity index (χ1v) is 5.50. The number of nitrogens with one attached hydrogen (secondary N) is 3. The minimum absolute atomic E-state index is 0.0924. The van der Waals surface area contributed by atoms with Gasteiger partial charge in [-0.05, 0) is 13.3 Å². The lowest BCUT2D eigenvalue weighted by molar-refractivity contribution is -0.123. The Kier molecular flexibility index (Phi) is 8.15. The minimum atomic E-state index is -0.382. The number of hydrogen-bond donors (Lipinski definition) is 3. The second-order valence-electron chi connectivity index (χ2n) is 3.49. The second-order valence-corrected chi connectivity index (χ2v) is 3.49. The maximum atomic E-state index is 11.4. The van der Waals surface area contributed by atoms with Crippen molar-refractivity contribution in [3.8, 4) is 0 Å². The van der Waals surface area contributed by atoms with Crippen LogP contribution < -0.4 is 16.0 Å². The zero-order chi connectivity index (χ0) is 12.4. The van der Waals surface area contributed by atoms with E-state index in [-0.39, 0.29) is 24.4 Å². The first kappa shape index (κ1) is 14.6. The fraction of sp³-hybridized carbons (Fsp3) is 0.636. The van der Waals surface area contributed by atoms with E-state index in [1.165, 1.54) is 0 Å². The molecule has 0 bridgehead atoms. The summed E-state index contributed by atoms with van der Waals surface area (Å²) in [6, 6.07) is -0.382. The molecule has 0 fully saturated rings. The molecule has 5 heteroatoms. The molecule has 1 unspecified atom stereocenters. The zero-order valence-corrected chi connectivity index (χ0v) is 10.0. The van der Waals surface area contributed by atoms with E-state index < -0.39 is 0 Å². The quantitative estimate of drug-likeness (QED) is 0.503. The Balaban J connectivity index is 3.70. The highest BCUT2D eigenvalue weighted by Crippen LogP contribution is 1.81. The van der Waals surface area contributed by atoms with Gasteiger partial charge in [-0.3, -0.25) is 14.9 Å². The van der Waals surface area contributed by atoms with Crippen molar-refractivity contribution in [2.45, 2.75) is 26.3 Å². The van der Waals surface area contributed by atoms with Crippen LogP contribution >= 0.6 is 0 Å². The molecule has 0 heterocycles. The highest BCUT2D eigenvalue weighted by Gasteiger charge is 2.12. The third kappa shape index (κ3) is 7.00. The van der Waals surface area contributed by atoms with E-state index in [4.69, 9.17) is 0 Å². The minimum Gasteiger partial charge on any atom is -0.355 e. The predicted octanol–water partition coefficient (Wildman–Crippen LogP) is -0.207. The smallest absolute Gasteiger partial charge is 0.237 e. The van der Waals surface area contributed by atoms with Gasteiger partial charge in [-0.2, -0.15) is 0 Å². The van der Waals surface area contributed by atoms with Gasteiger partial charge in [0.2, 0.25) is 11.8 Å². The molecule has 0 saturated carbocycles. The molecule has 0 radical (unpaired) electrons. The molecule has 92 valence electrons. The Morgan fingerprint density at radius 2 is 2.06 bits per heavy atom. The molecular weight excluding hydrogens is 206 g/mol. The molecule has 0 aliphatic carbocycles. The molecule has 0 rings (SSSR count). The van der Waals surface area contributed by atoms with Gasteiger partial charge in [-0.25, -0.2) is 0 Å². The average molecular weight is 227 g/mol. The van der Waals surface area contributed by atoms with Crippen LogP contribution in [0.3, 0.4) is 0 Å². The number of carbonyl (C=O) groups excluding carboxylic acids is 2. The van der Waals surface area contributed by atoms with Crippen molar-refractivity contribution in [2.75, 3.05) is 19.6 Å². The van der Waals surface area contributed by atoms with Crippen molar-refractivity contribution in [2.24, 2.45) is 0 Å². The topological polar surface area (TPSA) is 70.2 Å². The number of carbonyl (C=O) groups is 2. The molecule has 0 aliphatic rings. The van der Waals surface area contributed by atoms with Gasteiger partial charge in [-0.1, -0.05) is 13.0 Å². The monoisotopic (exact) mass is 227 g/mol. The van der Waals surface area contributed by atoms with Crippen LogP contribution in [0.25, 0.3) is 0 Å². The van der Waals surface area contributed by atoms with Crippen molar-refractivity contribution in [1.29, 1.82) is 0 Å². The molecule has 0 spiro atoms. The van der Waals surface area contributed by atoms with E-state index >= 15 is 0 Å². The second kappa shape index (κ2) is 8.91. The molecule has 16 heavy (non-hydrogen) atoms. The molecule has 3 N–H and O–H groups in total. The van der Waals surface area contributed by atoms with Crippen LogP contribution in [-0.2, 0) is 9.59 Å². The largest absolute Gasteiger partial charge is 0.355 e. The molecule has 1 atom stereocenters. The number of hydrogen-bond acceptors (Lipinski definition) is 3. The van der Waals surface area contributed by atoms with Crippen LogP contribution in [0.15, 0.2) is 12.7 Å². The molecule has 0 aromatic carbocycles. The fourth-order valence-electron chi connectivity index (χ4n) is 0.991. The van der Waals surface area contributed by atoms with Crippen LogP contribution in [0.4, 0.5) is 0 Å². The van der Waals surface area contributed by atoms with Gasteiger partial charge in [0.25, 0.3) is 0 Å². The van der Waals surface area contributed by atoms with E-state index in [2.05, 4.69) is 22.5 Å². The summed E-state index contributed by atoms with van der Waals surface area (Å²) in [5.74, 6) is -0.228. The summed E-state index contributed by atoms with van der Waals surface area (Å²) < 4.78 is 0. The Bertz CT molecular complexity index is 241. The fourth-order valence-corrected chi connectivity index (χ4v) is 0.991. The first-order valence-electron chi connectivity index (χ1n) is 5.50. The standard InChI is InChI=1S/C11H21N3O2/c1-4-6-12-10(15)8-14-9(3)11(16)13-7-5-2/h5,9,14H,2,4,6-8H2,1,3H3,(H,12,15)(H,13,16). The van der Waals surface area contributed by atoms with E-state index in [0.29, 0.717) is 13.1 Å². The highest BCUT2D eigenvalue weighted by molar-refractivity contribution is 5.83. The SMILES string of the molecule is C=CCNC(=O)C(C)NCC(=O)NCCC. The first-order chi connectivity index (χ1) is 7.61. The highest BCUT2D eigenvalue weighted by atomic mass is 16.2. The Labute approximate surface area is 96.7 Å². The van der Waals surface area contributed by atoms with E-state index in [1.807, 2.05) is 6.92 Å². The predicted molar refractivity (Wildman–Crippen MR) is 64.0 cm³/mol. The van der Waals surface area contributed by atoms with Crippen molar-refractivity contribution in [3.05, 3.63) is 12.7 Å². The zero-order valence-electron chi connectivity index (χ0n) is 10.0. The molecule has 5 nitrogen and oxygen atoms in total. The lowest BCUT2D eigenvalue weighted by Gasteiger charge is -2.12. The van der Waals surface area contributed by atoms with Crippen molar-refractivity contribution in [3.63, 3.8) is 0 Å². The summed E-state index contributed by atoms with van der Waals surface area (Å²) in [5.41, 5.74) is 0. The number of rotatable bonds is 8. The van der Waals surface area contributed by atoms with Crippen molar-refractivity contribution < 1.29 is 9.59 Å².